The molecule has 0 unspecified atom stereocenters. The van der Waals surface area contributed by atoms with Gasteiger partial charge in [-0.3, -0.25) is 0 Å². The quantitative estimate of drug-likeness (QED) is 0.477. The summed E-state index contributed by atoms with van der Waals surface area (Å²) in [5, 5.41) is 24.4. The van der Waals surface area contributed by atoms with Crippen molar-refractivity contribution in [3.8, 4) is 11.5 Å². The predicted molar refractivity (Wildman–Crippen MR) is 80.3 cm³/mol. The highest BCUT2D eigenvalue weighted by atomic mass is 16.6. The molecule has 1 amide bonds. The van der Waals surface area contributed by atoms with E-state index < -0.39 is 11.7 Å². The third kappa shape index (κ3) is 7.41. The topological polar surface area (TPSA) is 90.8 Å². The van der Waals surface area contributed by atoms with Gasteiger partial charge in [-0.1, -0.05) is 6.07 Å². The molecular formula is C15H24N2O4. The Morgan fingerprint density at radius 2 is 1.90 bits per heavy atom. The first kappa shape index (κ1) is 17.1. The second kappa shape index (κ2) is 7.73. The van der Waals surface area contributed by atoms with Crippen LogP contribution < -0.4 is 10.6 Å². The van der Waals surface area contributed by atoms with Crippen molar-refractivity contribution in [2.45, 2.75) is 39.3 Å². The Morgan fingerprint density at radius 1 is 1.19 bits per heavy atom. The molecule has 0 fully saturated rings. The Kier molecular flexibility index (Phi) is 6.30. The summed E-state index contributed by atoms with van der Waals surface area (Å²) >= 11 is 0. The van der Waals surface area contributed by atoms with Crippen LogP contribution in [0.25, 0.3) is 0 Å². The monoisotopic (exact) mass is 296 g/mol. The highest BCUT2D eigenvalue weighted by Gasteiger charge is 2.15. The van der Waals surface area contributed by atoms with Crippen LogP contribution in [-0.4, -0.2) is 35.0 Å². The van der Waals surface area contributed by atoms with E-state index in [2.05, 4.69) is 10.6 Å². The summed E-state index contributed by atoms with van der Waals surface area (Å²) in [5.41, 5.74) is 0.397. The molecule has 0 spiro atoms. The van der Waals surface area contributed by atoms with Crippen molar-refractivity contribution in [1.29, 1.82) is 0 Å². The summed E-state index contributed by atoms with van der Waals surface area (Å²) in [6, 6.07) is 4.71. The van der Waals surface area contributed by atoms with Crippen molar-refractivity contribution in [3.05, 3.63) is 23.8 Å². The number of phenolic OH excluding ortho intramolecular Hbond substituents is 2. The Hall–Kier alpha value is -1.95. The largest absolute Gasteiger partial charge is 0.504 e. The van der Waals surface area contributed by atoms with Crippen LogP contribution in [0.5, 0.6) is 11.5 Å². The molecule has 0 bridgehead atoms. The summed E-state index contributed by atoms with van der Waals surface area (Å²) < 4.78 is 5.12. The molecule has 21 heavy (non-hydrogen) atoms. The van der Waals surface area contributed by atoms with Gasteiger partial charge in [-0.15, -0.1) is 0 Å². The van der Waals surface area contributed by atoms with Crippen LogP contribution in [-0.2, 0) is 11.3 Å². The standard InChI is InChI=1S/C15H24N2O4/c1-15(2,3)21-14(20)17-8-4-7-16-10-11-5-6-12(18)13(19)9-11/h5-6,9,16,18-19H,4,7-8,10H2,1-3H3,(H,17,20). The summed E-state index contributed by atoms with van der Waals surface area (Å²) in [6.45, 7) is 7.30. The first-order chi connectivity index (χ1) is 9.78. The molecule has 0 aliphatic carbocycles. The molecule has 0 aliphatic heterocycles. The highest BCUT2D eigenvalue weighted by Crippen LogP contribution is 2.24. The van der Waals surface area contributed by atoms with E-state index >= 15 is 0 Å². The number of carbonyl (C=O) groups excluding carboxylic acids is 1. The number of hydrogen-bond donors (Lipinski definition) is 4. The zero-order chi connectivity index (χ0) is 15.9. The van der Waals surface area contributed by atoms with E-state index in [0.29, 0.717) is 13.1 Å². The lowest BCUT2D eigenvalue weighted by Gasteiger charge is -2.19. The molecule has 0 heterocycles. The number of aromatic hydroxyl groups is 2. The summed E-state index contributed by atoms with van der Waals surface area (Å²) in [5.74, 6) is -0.249. The van der Waals surface area contributed by atoms with E-state index in [1.807, 2.05) is 20.8 Å². The van der Waals surface area contributed by atoms with Gasteiger partial charge in [0.15, 0.2) is 11.5 Å². The van der Waals surface area contributed by atoms with Crippen LogP contribution in [0.1, 0.15) is 32.8 Å². The van der Waals surface area contributed by atoms with Crippen molar-refractivity contribution in [3.63, 3.8) is 0 Å². The van der Waals surface area contributed by atoms with Gasteiger partial charge >= 0.3 is 6.09 Å². The van der Waals surface area contributed by atoms with Crippen molar-refractivity contribution in [1.82, 2.24) is 10.6 Å². The summed E-state index contributed by atoms with van der Waals surface area (Å²) in [6.07, 6.45) is 0.356. The number of nitrogens with one attached hydrogen (secondary N) is 2. The first-order valence-electron chi connectivity index (χ1n) is 6.96. The van der Waals surface area contributed by atoms with E-state index in [9.17, 15) is 15.0 Å². The predicted octanol–water partition coefficient (Wildman–Crippen LogP) is 2.10. The number of phenols is 2. The molecule has 1 rings (SSSR count). The van der Waals surface area contributed by atoms with Crippen molar-refractivity contribution in [2.24, 2.45) is 0 Å². The minimum absolute atomic E-state index is 0.124. The first-order valence-corrected chi connectivity index (χ1v) is 6.96. The number of rotatable bonds is 6. The van der Waals surface area contributed by atoms with Crippen molar-refractivity contribution >= 4 is 6.09 Å². The molecule has 1 aromatic rings. The van der Waals surface area contributed by atoms with Crippen LogP contribution in [0.15, 0.2) is 18.2 Å². The van der Waals surface area contributed by atoms with E-state index in [1.54, 1.807) is 6.07 Å². The molecule has 0 atom stereocenters. The fourth-order valence-corrected chi connectivity index (χ4v) is 1.63. The number of alkyl carbamates (subject to hydrolysis) is 1. The minimum atomic E-state index is -0.483. The molecule has 0 saturated carbocycles. The Balaban J connectivity index is 2.12. The lowest BCUT2D eigenvalue weighted by Crippen LogP contribution is -2.33. The summed E-state index contributed by atoms with van der Waals surface area (Å²) in [4.78, 5) is 11.4. The molecule has 4 N–H and O–H groups in total. The lowest BCUT2D eigenvalue weighted by molar-refractivity contribution is 0.0527. The Bertz CT molecular complexity index is 469. The van der Waals surface area contributed by atoms with E-state index in [-0.39, 0.29) is 11.5 Å². The van der Waals surface area contributed by atoms with Gasteiger partial charge in [0.25, 0.3) is 0 Å². The smallest absolute Gasteiger partial charge is 0.407 e. The third-order valence-electron chi connectivity index (χ3n) is 2.57. The average Bonchev–Trinajstić information content (AvgIpc) is 2.35. The molecule has 0 radical (unpaired) electrons. The van der Waals surface area contributed by atoms with Gasteiger partial charge in [-0.25, -0.2) is 4.79 Å². The van der Waals surface area contributed by atoms with Gasteiger partial charge < -0.3 is 25.6 Å². The molecule has 6 nitrogen and oxygen atoms in total. The Morgan fingerprint density at radius 3 is 2.52 bits per heavy atom. The SMILES string of the molecule is CC(C)(C)OC(=O)NCCCNCc1ccc(O)c(O)c1. The summed E-state index contributed by atoms with van der Waals surface area (Å²) in [7, 11) is 0. The zero-order valence-electron chi connectivity index (χ0n) is 12.8. The maximum absolute atomic E-state index is 11.4. The highest BCUT2D eigenvalue weighted by molar-refractivity contribution is 5.67. The molecule has 1 aromatic carbocycles. The van der Waals surface area contributed by atoms with E-state index in [0.717, 1.165) is 18.5 Å². The van der Waals surface area contributed by atoms with Crippen LogP contribution in [0.3, 0.4) is 0 Å². The van der Waals surface area contributed by atoms with Gasteiger partial charge in [0.05, 0.1) is 0 Å². The van der Waals surface area contributed by atoms with Crippen LogP contribution in [0.4, 0.5) is 4.79 Å². The number of carbonyl (C=O) groups is 1. The van der Waals surface area contributed by atoms with Crippen LogP contribution >= 0.6 is 0 Å². The lowest BCUT2D eigenvalue weighted by atomic mass is 10.2. The number of benzene rings is 1. The fraction of sp³-hybridized carbons (Fsp3) is 0.533. The minimum Gasteiger partial charge on any atom is -0.504 e. The fourth-order valence-electron chi connectivity index (χ4n) is 1.63. The van der Waals surface area contributed by atoms with Gasteiger partial charge in [-0.2, -0.15) is 0 Å². The second-order valence-corrected chi connectivity index (χ2v) is 5.78. The molecule has 6 heteroatoms. The molecular weight excluding hydrogens is 272 g/mol. The Labute approximate surface area is 125 Å². The van der Waals surface area contributed by atoms with Gasteiger partial charge in [0, 0.05) is 13.1 Å². The van der Waals surface area contributed by atoms with Gasteiger partial charge in [0.2, 0.25) is 0 Å². The maximum Gasteiger partial charge on any atom is 0.407 e. The normalized spacial score (nSPS) is 11.2. The van der Waals surface area contributed by atoms with E-state index in [4.69, 9.17) is 4.74 Å². The third-order valence-corrected chi connectivity index (χ3v) is 2.57. The average molecular weight is 296 g/mol. The molecule has 0 aliphatic rings. The van der Waals surface area contributed by atoms with Crippen molar-refractivity contribution in [2.75, 3.05) is 13.1 Å². The van der Waals surface area contributed by atoms with Crippen LogP contribution in [0.2, 0.25) is 0 Å². The molecule has 118 valence electrons. The van der Waals surface area contributed by atoms with Crippen LogP contribution in [0, 0.1) is 0 Å². The molecule has 0 aromatic heterocycles. The number of hydrogen-bond acceptors (Lipinski definition) is 5. The number of ether oxygens (including phenoxy) is 1. The van der Waals surface area contributed by atoms with Gasteiger partial charge in [0.1, 0.15) is 5.60 Å². The zero-order valence-corrected chi connectivity index (χ0v) is 12.8. The molecule has 0 saturated heterocycles. The van der Waals surface area contributed by atoms with Gasteiger partial charge in [-0.05, 0) is 51.4 Å². The van der Waals surface area contributed by atoms with E-state index in [1.165, 1.54) is 12.1 Å². The maximum atomic E-state index is 11.4. The second-order valence-electron chi connectivity index (χ2n) is 5.78. The van der Waals surface area contributed by atoms with Crippen molar-refractivity contribution < 1.29 is 19.7 Å². The number of amides is 1.